The van der Waals surface area contributed by atoms with Gasteiger partial charge in [-0.3, -0.25) is 4.79 Å². The van der Waals surface area contributed by atoms with E-state index in [1.807, 2.05) is 25.1 Å². The Kier molecular flexibility index (Phi) is 4.83. The summed E-state index contributed by atoms with van der Waals surface area (Å²) in [5.74, 6) is -0.0781. The van der Waals surface area contributed by atoms with Crippen LogP contribution in [-0.4, -0.2) is 48.3 Å². The van der Waals surface area contributed by atoms with E-state index in [0.717, 1.165) is 10.0 Å². The van der Waals surface area contributed by atoms with Crippen LogP contribution >= 0.6 is 15.9 Å². The number of nitrogens with zero attached hydrogens (tertiary/aromatic N) is 1. The fraction of sp³-hybridized carbons (Fsp3) is 0.533. The Labute approximate surface area is 127 Å². The second-order valence-corrected chi connectivity index (χ2v) is 6.32. The molecule has 1 fully saturated rings. The van der Waals surface area contributed by atoms with Crippen LogP contribution in [-0.2, 0) is 4.74 Å². The highest BCUT2D eigenvalue weighted by Gasteiger charge is 2.32. The van der Waals surface area contributed by atoms with Gasteiger partial charge in [-0.25, -0.2) is 0 Å². The standard InChI is InChI=1S/C15H20BrNO3/c1-11-3-4-12(9-13(11)16)14(18)17(2)10-15(19)5-7-20-8-6-15/h3-4,9,19H,5-8,10H2,1-2H3. The molecule has 0 aromatic heterocycles. The van der Waals surface area contributed by atoms with Crippen LogP contribution in [0, 0.1) is 6.92 Å². The zero-order valence-electron chi connectivity index (χ0n) is 11.9. The van der Waals surface area contributed by atoms with Crippen molar-refractivity contribution in [1.29, 1.82) is 0 Å². The summed E-state index contributed by atoms with van der Waals surface area (Å²) in [6.07, 6.45) is 1.14. The number of carbonyl (C=O) groups excluding carboxylic acids is 1. The minimum absolute atomic E-state index is 0.0781. The summed E-state index contributed by atoms with van der Waals surface area (Å²) in [6.45, 7) is 3.41. The first-order valence-corrected chi connectivity index (χ1v) is 7.52. The third kappa shape index (κ3) is 3.59. The maximum atomic E-state index is 12.4. The van der Waals surface area contributed by atoms with Crippen LogP contribution in [0.25, 0.3) is 0 Å². The molecule has 2 rings (SSSR count). The Morgan fingerprint density at radius 3 is 2.70 bits per heavy atom. The average Bonchev–Trinajstić information content (AvgIpc) is 2.41. The fourth-order valence-corrected chi connectivity index (χ4v) is 2.75. The monoisotopic (exact) mass is 341 g/mol. The van der Waals surface area contributed by atoms with Crippen LogP contribution in [0.3, 0.4) is 0 Å². The lowest BCUT2D eigenvalue weighted by atomic mass is 9.93. The second kappa shape index (κ2) is 6.24. The first-order chi connectivity index (χ1) is 9.41. The molecule has 5 heteroatoms. The lowest BCUT2D eigenvalue weighted by Crippen LogP contribution is -2.47. The van der Waals surface area contributed by atoms with Gasteiger partial charge in [0.15, 0.2) is 0 Å². The Bertz CT molecular complexity index is 498. The number of carbonyl (C=O) groups is 1. The second-order valence-electron chi connectivity index (χ2n) is 5.46. The molecule has 20 heavy (non-hydrogen) atoms. The highest BCUT2D eigenvalue weighted by Crippen LogP contribution is 2.23. The van der Waals surface area contributed by atoms with E-state index in [9.17, 15) is 9.90 Å². The van der Waals surface area contributed by atoms with E-state index in [2.05, 4.69) is 15.9 Å². The van der Waals surface area contributed by atoms with Crippen LogP contribution in [0.2, 0.25) is 0 Å². The summed E-state index contributed by atoms with van der Waals surface area (Å²) in [5, 5.41) is 10.5. The Balaban J connectivity index is 2.06. The molecular formula is C15H20BrNO3. The molecular weight excluding hydrogens is 322 g/mol. The number of ether oxygens (including phenoxy) is 1. The number of rotatable bonds is 3. The van der Waals surface area contributed by atoms with E-state index in [0.29, 0.717) is 38.2 Å². The van der Waals surface area contributed by atoms with Gasteiger partial charge < -0.3 is 14.7 Å². The van der Waals surface area contributed by atoms with Crippen molar-refractivity contribution in [3.63, 3.8) is 0 Å². The molecule has 4 nitrogen and oxygen atoms in total. The van der Waals surface area contributed by atoms with Gasteiger partial charge in [-0.15, -0.1) is 0 Å². The van der Waals surface area contributed by atoms with E-state index in [1.165, 1.54) is 0 Å². The molecule has 1 N–H and O–H groups in total. The van der Waals surface area contributed by atoms with E-state index < -0.39 is 5.60 Å². The molecule has 0 radical (unpaired) electrons. The Morgan fingerprint density at radius 2 is 2.10 bits per heavy atom. The number of aliphatic hydroxyl groups is 1. The molecule has 1 saturated heterocycles. The van der Waals surface area contributed by atoms with Gasteiger partial charge in [0.2, 0.25) is 0 Å². The molecule has 0 unspecified atom stereocenters. The molecule has 1 heterocycles. The number of benzene rings is 1. The topological polar surface area (TPSA) is 49.8 Å². The smallest absolute Gasteiger partial charge is 0.253 e. The summed E-state index contributed by atoms with van der Waals surface area (Å²) in [6, 6.07) is 5.55. The predicted octanol–water partition coefficient (Wildman–Crippen LogP) is 2.37. The predicted molar refractivity (Wildman–Crippen MR) is 80.8 cm³/mol. The first-order valence-electron chi connectivity index (χ1n) is 6.73. The highest BCUT2D eigenvalue weighted by atomic mass is 79.9. The Hall–Kier alpha value is -0.910. The van der Waals surface area contributed by atoms with Crippen LogP contribution in [0.4, 0.5) is 0 Å². The van der Waals surface area contributed by atoms with E-state index >= 15 is 0 Å². The van der Waals surface area contributed by atoms with Crippen LogP contribution < -0.4 is 0 Å². The fourth-order valence-electron chi connectivity index (χ4n) is 2.37. The molecule has 0 bridgehead atoms. The summed E-state index contributed by atoms with van der Waals surface area (Å²) in [4.78, 5) is 14.0. The molecule has 1 aliphatic heterocycles. The van der Waals surface area contributed by atoms with Crippen molar-refractivity contribution >= 4 is 21.8 Å². The average molecular weight is 342 g/mol. The molecule has 110 valence electrons. The molecule has 1 aromatic rings. The van der Waals surface area contributed by atoms with Gasteiger partial charge in [-0.2, -0.15) is 0 Å². The van der Waals surface area contributed by atoms with Gasteiger partial charge in [0, 0.05) is 49.7 Å². The minimum Gasteiger partial charge on any atom is -0.388 e. The van der Waals surface area contributed by atoms with Crippen molar-refractivity contribution < 1.29 is 14.6 Å². The summed E-state index contributed by atoms with van der Waals surface area (Å²) in [5.41, 5.74) is 0.887. The van der Waals surface area contributed by atoms with Gasteiger partial charge in [0.25, 0.3) is 5.91 Å². The minimum atomic E-state index is -0.829. The van der Waals surface area contributed by atoms with Crippen molar-refractivity contribution in [2.75, 3.05) is 26.8 Å². The van der Waals surface area contributed by atoms with E-state index in [-0.39, 0.29) is 5.91 Å². The summed E-state index contributed by atoms with van der Waals surface area (Å²) < 4.78 is 6.17. The normalized spacial score (nSPS) is 17.8. The molecule has 1 amide bonds. The quantitative estimate of drug-likeness (QED) is 0.918. The van der Waals surface area contributed by atoms with Crippen LogP contribution in [0.15, 0.2) is 22.7 Å². The van der Waals surface area contributed by atoms with Crippen molar-refractivity contribution in [1.82, 2.24) is 4.90 Å². The first kappa shape index (κ1) is 15.5. The van der Waals surface area contributed by atoms with Crippen molar-refractivity contribution in [2.24, 2.45) is 0 Å². The number of hydrogen-bond acceptors (Lipinski definition) is 3. The van der Waals surface area contributed by atoms with Crippen molar-refractivity contribution in [2.45, 2.75) is 25.4 Å². The number of likely N-dealkylation sites (N-methyl/N-ethyl adjacent to an activating group) is 1. The Morgan fingerprint density at radius 1 is 1.45 bits per heavy atom. The zero-order valence-corrected chi connectivity index (χ0v) is 13.4. The van der Waals surface area contributed by atoms with Crippen molar-refractivity contribution in [3.05, 3.63) is 33.8 Å². The summed E-state index contributed by atoms with van der Waals surface area (Å²) >= 11 is 3.44. The number of hydrogen-bond donors (Lipinski definition) is 1. The van der Waals surface area contributed by atoms with Crippen molar-refractivity contribution in [3.8, 4) is 0 Å². The van der Waals surface area contributed by atoms with Crippen LogP contribution in [0.1, 0.15) is 28.8 Å². The highest BCUT2D eigenvalue weighted by molar-refractivity contribution is 9.10. The zero-order chi connectivity index (χ0) is 14.8. The van der Waals surface area contributed by atoms with E-state index in [1.54, 1.807) is 11.9 Å². The van der Waals surface area contributed by atoms with Gasteiger partial charge in [-0.1, -0.05) is 22.0 Å². The SMILES string of the molecule is Cc1ccc(C(=O)N(C)CC2(O)CCOCC2)cc1Br. The number of amides is 1. The summed E-state index contributed by atoms with van der Waals surface area (Å²) in [7, 11) is 1.73. The maximum Gasteiger partial charge on any atom is 0.253 e. The molecule has 0 saturated carbocycles. The van der Waals surface area contributed by atoms with Gasteiger partial charge in [0.1, 0.15) is 0 Å². The number of aryl methyl sites for hydroxylation is 1. The maximum absolute atomic E-state index is 12.4. The third-order valence-corrected chi connectivity index (χ3v) is 4.57. The third-order valence-electron chi connectivity index (χ3n) is 3.72. The lowest BCUT2D eigenvalue weighted by molar-refractivity contribution is -0.0734. The lowest BCUT2D eigenvalue weighted by Gasteiger charge is -2.35. The van der Waals surface area contributed by atoms with Gasteiger partial charge >= 0.3 is 0 Å². The van der Waals surface area contributed by atoms with Crippen LogP contribution in [0.5, 0.6) is 0 Å². The number of halogens is 1. The largest absolute Gasteiger partial charge is 0.388 e. The molecule has 0 spiro atoms. The molecule has 0 aliphatic carbocycles. The van der Waals surface area contributed by atoms with E-state index in [4.69, 9.17) is 4.74 Å². The molecule has 1 aliphatic rings. The van der Waals surface area contributed by atoms with Gasteiger partial charge in [0.05, 0.1) is 5.60 Å². The molecule has 1 aromatic carbocycles. The molecule has 0 atom stereocenters. The van der Waals surface area contributed by atoms with Gasteiger partial charge in [-0.05, 0) is 24.6 Å².